The van der Waals surface area contributed by atoms with E-state index < -0.39 is 47.1 Å². The van der Waals surface area contributed by atoms with Gasteiger partial charge < -0.3 is 14.7 Å². The Morgan fingerprint density at radius 3 is 2.21 bits per heavy atom. The minimum absolute atomic E-state index is 0.0237. The average Bonchev–Trinajstić information content (AvgIpc) is 3.71. The number of alkyl halides is 6. The number of carbonyl (C=O) groups excluding carboxylic acids is 1. The number of hydrogen-bond acceptors (Lipinski definition) is 4. The topological polar surface area (TPSA) is 70.1 Å². The smallest absolute Gasteiger partial charge is 0.416 e. The van der Waals surface area contributed by atoms with Crippen molar-refractivity contribution in [1.82, 2.24) is 9.80 Å². The highest BCUT2D eigenvalue weighted by molar-refractivity contribution is 5.71. The van der Waals surface area contributed by atoms with Crippen molar-refractivity contribution >= 4 is 12.1 Å². The summed E-state index contributed by atoms with van der Waals surface area (Å²) in [4.78, 5) is 27.0. The van der Waals surface area contributed by atoms with Gasteiger partial charge in [-0.3, -0.25) is 9.69 Å². The highest BCUT2D eigenvalue weighted by Crippen LogP contribution is 2.45. The molecule has 1 unspecified atom stereocenters. The zero-order valence-electron chi connectivity index (χ0n) is 21.1. The summed E-state index contributed by atoms with van der Waals surface area (Å²) in [6, 6.07) is 7.16. The molecule has 1 saturated carbocycles. The Morgan fingerprint density at radius 2 is 1.64 bits per heavy atom. The first kappa shape index (κ1) is 28.7. The van der Waals surface area contributed by atoms with Crippen molar-refractivity contribution in [2.24, 2.45) is 5.92 Å². The first-order valence-electron chi connectivity index (χ1n) is 12.5. The Labute approximate surface area is 221 Å². The maximum absolute atomic E-state index is 13.6. The second-order valence-electron chi connectivity index (χ2n) is 9.98. The summed E-state index contributed by atoms with van der Waals surface area (Å²) in [5.41, 5.74) is -1.99. The molecule has 0 aromatic heterocycles. The van der Waals surface area contributed by atoms with Gasteiger partial charge in [-0.15, -0.1) is 0 Å². The van der Waals surface area contributed by atoms with Crippen LogP contribution in [0.2, 0.25) is 0 Å². The van der Waals surface area contributed by atoms with Crippen LogP contribution in [0.5, 0.6) is 5.75 Å². The van der Waals surface area contributed by atoms with Crippen molar-refractivity contribution in [3.05, 3.63) is 64.7 Å². The quantitative estimate of drug-likeness (QED) is 0.390. The number of amides is 1. The van der Waals surface area contributed by atoms with Crippen LogP contribution in [0.1, 0.15) is 60.4 Å². The van der Waals surface area contributed by atoms with Crippen molar-refractivity contribution < 1.29 is 45.8 Å². The van der Waals surface area contributed by atoms with Crippen molar-refractivity contribution in [2.45, 2.75) is 50.5 Å². The van der Waals surface area contributed by atoms with Crippen molar-refractivity contribution in [2.75, 3.05) is 26.2 Å². The predicted molar refractivity (Wildman–Crippen MR) is 128 cm³/mol. The molecule has 1 saturated heterocycles. The van der Waals surface area contributed by atoms with E-state index in [-0.39, 0.29) is 50.2 Å². The summed E-state index contributed by atoms with van der Waals surface area (Å²) in [6.07, 6.45) is -8.42. The number of carboxylic acid groups (broad SMARTS) is 1. The lowest BCUT2D eigenvalue weighted by atomic mass is 9.91. The van der Waals surface area contributed by atoms with Crippen LogP contribution in [-0.4, -0.2) is 53.1 Å². The molecule has 12 heteroatoms. The summed E-state index contributed by atoms with van der Waals surface area (Å²) in [5.74, 6) is -0.558. The normalized spacial score (nSPS) is 18.5. The van der Waals surface area contributed by atoms with Gasteiger partial charge in [0, 0.05) is 32.2 Å². The fourth-order valence-electron chi connectivity index (χ4n) is 5.05. The third-order valence-corrected chi connectivity index (χ3v) is 7.33. The Kier molecular flexibility index (Phi) is 8.15. The van der Waals surface area contributed by atoms with Crippen LogP contribution in [0.25, 0.3) is 0 Å². The zero-order chi connectivity index (χ0) is 28.5. The molecular weight excluding hydrogens is 530 g/mol. The maximum Gasteiger partial charge on any atom is 0.416 e. The molecule has 2 atom stereocenters. The Morgan fingerprint density at radius 1 is 0.974 bits per heavy atom. The lowest BCUT2D eigenvalue weighted by Crippen LogP contribution is -2.50. The number of rotatable bonds is 7. The van der Waals surface area contributed by atoms with Gasteiger partial charge in [-0.25, -0.2) is 4.79 Å². The van der Waals surface area contributed by atoms with Crippen LogP contribution < -0.4 is 4.74 Å². The molecule has 2 aliphatic rings. The largest absolute Gasteiger partial charge is 0.481 e. The van der Waals surface area contributed by atoms with Crippen LogP contribution >= 0.6 is 0 Å². The first-order valence-corrected chi connectivity index (χ1v) is 12.5. The van der Waals surface area contributed by atoms with E-state index in [1.165, 1.54) is 11.8 Å². The standard InChI is InChI=1S/C27H28F6N2O4/c1-16(21-14-19(26(28,29)30)7-8-23(21)27(31,32)33)34-9-11-35(12-10-34)25(38)39-20-4-2-3-18(13-20)22(15-24(36)37)17-5-6-17/h2-4,7-8,13-14,16-17,22H,5-6,9-12,15H2,1H3,(H,36,37)/t16?,22-/m0/s1. The number of nitrogens with zero attached hydrogens (tertiary/aromatic N) is 2. The molecule has 6 nitrogen and oxygen atoms in total. The molecule has 0 spiro atoms. The van der Waals surface area contributed by atoms with Gasteiger partial charge in [0.1, 0.15) is 5.75 Å². The fraction of sp³-hybridized carbons (Fsp3) is 0.481. The number of benzene rings is 2. The molecule has 1 aliphatic heterocycles. The van der Waals surface area contributed by atoms with Crippen LogP contribution in [0, 0.1) is 5.92 Å². The first-order chi connectivity index (χ1) is 18.2. The lowest BCUT2D eigenvalue weighted by molar-refractivity contribution is -0.142. The summed E-state index contributed by atoms with van der Waals surface area (Å²) in [6.45, 7) is 1.88. The Balaban J connectivity index is 1.41. The Bertz CT molecular complexity index is 1200. The molecule has 2 aromatic rings. The van der Waals surface area contributed by atoms with E-state index in [9.17, 15) is 41.0 Å². The summed E-state index contributed by atoms with van der Waals surface area (Å²) < 4.78 is 85.8. The lowest BCUT2D eigenvalue weighted by Gasteiger charge is -2.38. The SMILES string of the molecule is CC(c1cc(C(F)(F)F)ccc1C(F)(F)F)N1CCN(C(=O)Oc2cccc([C@@H](CC(=O)O)C3CC3)c2)CC1. The predicted octanol–water partition coefficient (Wildman–Crippen LogP) is 6.57. The molecule has 1 amide bonds. The van der Waals surface area contributed by atoms with E-state index in [1.54, 1.807) is 29.2 Å². The van der Waals surface area contributed by atoms with E-state index in [0.717, 1.165) is 18.4 Å². The van der Waals surface area contributed by atoms with Gasteiger partial charge >= 0.3 is 24.4 Å². The van der Waals surface area contributed by atoms with Gasteiger partial charge in [0.15, 0.2) is 0 Å². The number of aliphatic carboxylic acids is 1. The van der Waals surface area contributed by atoms with Crippen molar-refractivity contribution in [1.29, 1.82) is 0 Å². The molecule has 2 aromatic carbocycles. The number of carbonyl (C=O) groups is 2. The molecule has 1 heterocycles. The molecular formula is C27H28F6N2O4. The summed E-state index contributed by atoms with van der Waals surface area (Å²) in [7, 11) is 0. The van der Waals surface area contributed by atoms with Gasteiger partial charge in [-0.05, 0) is 73.1 Å². The van der Waals surface area contributed by atoms with Crippen LogP contribution in [-0.2, 0) is 17.1 Å². The van der Waals surface area contributed by atoms with E-state index in [2.05, 4.69) is 0 Å². The number of hydrogen-bond donors (Lipinski definition) is 1. The fourth-order valence-corrected chi connectivity index (χ4v) is 5.05. The minimum Gasteiger partial charge on any atom is -0.481 e. The number of piperazine rings is 1. The maximum atomic E-state index is 13.6. The zero-order valence-corrected chi connectivity index (χ0v) is 21.1. The molecule has 212 valence electrons. The van der Waals surface area contributed by atoms with E-state index in [0.29, 0.717) is 18.2 Å². The molecule has 1 aliphatic carbocycles. The van der Waals surface area contributed by atoms with Crippen molar-refractivity contribution in [3.63, 3.8) is 0 Å². The van der Waals surface area contributed by atoms with Crippen LogP contribution in [0.4, 0.5) is 31.1 Å². The van der Waals surface area contributed by atoms with E-state index in [4.69, 9.17) is 4.74 Å². The number of halogens is 6. The number of carboxylic acids is 1. The highest BCUT2D eigenvalue weighted by Gasteiger charge is 2.39. The molecule has 39 heavy (non-hydrogen) atoms. The third kappa shape index (κ3) is 7.03. The Hall–Kier alpha value is -3.28. The van der Waals surface area contributed by atoms with Gasteiger partial charge in [0.05, 0.1) is 17.5 Å². The molecule has 2 fully saturated rings. The number of ether oxygens (including phenoxy) is 1. The summed E-state index contributed by atoms with van der Waals surface area (Å²) in [5, 5.41) is 9.24. The molecule has 1 N–H and O–H groups in total. The summed E-state index contributed by atoms with van der Waals surface area (Å²) >= 11 is 0. The van der Waals surface area contributed by atoms with Gasteiger partial charge in [0.2, 0.25) is 0 Å². The van der Waals surface area contributed by atoms with Crippen LogP contribution in [0.3, 0.4) is 0 Å². The van der Waals surface area contributed by atoms with Gasteiger partial charge in [0.25, 0.3) is 0 Å². The average molecular weight is 559 g/mol. The molecule has 0 bridgehead atoms. The van der Waals surface area contributed by atoms with Gasteiger partial charge in [-0.1, -0.05) is 12.1 Å². The second kappa shape index (κ2) is 11.1. The minimum atomic E-state index is -4.82. The highest BCUT2D eigenvalue weighted by atomic mass is 19.4. The molecule has 4 rings (SSSR count). The monoisotopic (exact) mass is 558 g/mol. The van der Waals surface area contributed by atoms with Crippen LogP contribution in [0.15, 0.2) is 42.5 Å². The van der Waals surface area contributed by atoms with Gasteiger partial charge in [-0.2, -0.15) is 26.3 Å². The second-order valence-corrected chi connectivity index (χ2v) is 9.98. The van der Waals surface area contributed by atoms with Crippen molar-refractivity contribution in [3.8, 4) is 5.75 Å². The van der Waals surface area contributed by atoms with E-state index >= 15 is 0 Å². The van der Waals surface area contributed by atoms with E-state index in [1.807, 2.05) is 0 Å². The molecule has 0 radical (unpaired) electrons. The third-order valence-electron chi connectivity index (χ3n) is 7.33.